The molecule has 2 aromatic heterocycles. The second-order valence-electron chi connectivity index (χ2n) is 3.32. The fourth-order valence-electron chi connectivity index (χ4n) is 1.21. The average molecular weight is 228 g/mol. The highest BCUT2D eigenvalue weighted by molar-refractivity contribution is 6.03. The van der Waals surface area contributed by atoms with E-state index in [0.29, 0.717) is 17.1 Å². The van der Waals surface area contributed by atoms with Crippen molar-refractivity contribution < 1.29 is 9.32 Å². The number of amides is 1. The Morgan fingerprint density at radius 2 is 2.35 bits per heavy atom. The van der Waals surface area contributed by atoms with Crippen molar-refractivity contribution in [3.63, 3.8) is 0 Å². The van der Waals surface area contributed by atoms with Crippen LogP contribution in [0.25, 0.3) is 0 Å². The van der Waals surface area contributed by atoms with E-state index in [1.54, 1.807) is 13.0 Å². The number of carbonyl (C=O) groups is 1. The summed E-state index contributed by atoms with van der Waals surface area (Å²) in [7, 11) is 0. The summed E-state index contributed by atoms with van der Waals surface area (Å²) in [5, 5.41) is 14.8. The number of anilines is 1. The third-order valence-electron chi connectivity index (χ3n) is 2.01. The molecular weight excluding hydrogens is 220 g/mol. The van der Waals surface area contributed by atoms with E-state index in [2.05, 4.69) is 15.5 Å². The van der Waals surface area contributed by atoms with Crippen molar-refractivity contribution in [3.8, 4) is 6.07 Å². The molecule has 2 heterocycles. The molecule has 0 spiro atoms. The van der Waals surface area contributed by atoms with Crippen molar-refractivity contribution in [3.05, 3.63) is 41.4 Å². The molecule has 0 fully saturated rings. The molecular formula is C11H8N4O2. The average Bonchev–Trinajstić information content (AvgIpc) is 2.75. The van der Waals surface area contributed by atoms with E-state index in [4.69, 9.17) is 9.78 Å². The maximum atomic E-state index is 11.7. The number of hydrogen-bond acceptors (Lipinski definition) is 5. The summed E-state index contributed by atoms with van der Waals surface area (Å²) < 4.78 is 4.81. The number of hydrogen-bond donors (Lipinski definition) is 1. The molecule has 0 radical (unpaired) electrons. The number of aryl methyl sites for hydroxylation is 1. The first-order valence-corrected chi connectivity index (χ1v) is 4.80. The van der Waals surface area contributed by atoms with Crippen molar-refractivity contribution >= 4 is 11.7 Å². The van der Waals surface area contributed by atoms with Gasteiger partial charge in [-0.3, -0.25) is 4.79 Å². The fourth-order valence-corrected chi connectivity index (χ4v) is 1.21. The maximum Gasteiger partial charge on any atom is 0.258 e. The summed E-state index contributed by atoms with van der Waals surface area (Å²) in [6.45, 7) is 1.73. The largest absolute Gasteiger partial charge is 0.360 e. The van der Waals surface area contributed by atoms with Crippen molar-refractivity contribution in [1.82, 2.24) is 10.1 Å². The molecule has 0 bridgehead atoms. The van der Waals surface area contributed by atoms with E-state index < -0.39 is 0 Å². The number of rotatable bonds is 2. The van der Waals surface area contributed by atoms with E-state index >= 15 is 0 Å². The molecule has 0 aromatic carbocycles. The van der Waals surface area contributed by atoms with Crippen molar-refractivity contribution in [2.75, 3.05) is 5.32 Å². The molecule has 2 aromatic rings. The molecule has 0 aliphatic carbocycles. The Balaban J connectivity index is 2.12. The van der Waals surface area contributed by atoms with Crippen molar-refractivity contribution in [1.29, 1.82) is 5.26 Å². The van der Waals surface area contributed by atoms with Gasteiger partial charge in [0.2, 0.25) is 0 Å². The standard InChI is InChI=1S/C11H8N4O2/c1-7-4-10(15-17-7)14-11(16)8-2-3-9(5-12)13-6-8/h2-4,6H,1H3,(H,14,15,16). The van der Waals surface area contributed by atoms with E-state index in [0.717, 1.165) is 0 Å². The Labute approximate surface area is 96.9 Å². The first-order chi connectivity index (χ1) is 8.19. The predicted octanol–water partition coefficient (Wildman–Crippen LogP) is 1.50. The van der Waals surface area contributed by atoms with Gasteiger partial charge in [-0.2, -0.15) is 5.26 Å². The Hall–Kier alpha value is -2.68. The van der Waals surface area contributed by atoms with Crippen molar-refractivity contribution in [2.45, 2.75) is 6.92 Å². The number of aromatic nitrogens is 2. The zero-order chi connectivity index (χ0) is 12.3. The van der Waals surface area contributed by atoms with Gasteiger partial charge < -0.3 is 9.84 Å². The Morgan fingerprint density at radius 3 is 2.88 bits per heavy atom. The highest BCUT2D eigenvalue weighted by atomic mass is 16.5. The van der Waals surface area contributed by atoms with Gasteiger partial charge in [-0.1, -0.05) is 5.16 Å². The van der Waals surface area contributed by atoms with Crippen LogP contribution in [-0.4, -0.2) is 16.0 Å². The first kappa shape index (κ1) is 10.8. The van der Waals surface area contributed by atoms with Gasteiger partial charge in [0.15, 0.2) is 5.82 Å². The molecule has 0 saturated carbocycles. The van der Waals surface area contributed by atoms with Gasteiger partial charge in [-0.05, 0) is 19.1 Å². The minimum atomic E-state index is -0.352. The zero-order valence-electron chi connectivity index (χ0n) is 8.97. The summed E-state index contributed by atoms with van der Waals surface area (Å²) in [6.07, 6.45) is 1.33. The second kappa shape index (κ2) is 4.45. The van der Waals surface area contributed by atoms with E-state index in [1.807, 2.05) is 6.07 Å². The lowest BCUT2D eigenvalue weighted by atomic mass is 10.2. The molecule has 1 amide bonds. The number of pyridine rings is 1. The van der Waals surface area contributed by atoms with Crippen LogP contribution in [0.5, 0.6) is 0 Å². The SMILES string of the molecule is Cc1cc(NC(=O)c2ccc(C#N)nc2)no1. The molecule has 6 nitrogen and oxygen atoms in total. The fraction of sp³-hybridized carbons (Fsp3) is 0.0909. The quantitative estimate of drug-likeness (QED) is 0.840. The molecule has 1 N–H and O–H groups in total. The minimum absolute atomic E-state index is 0.263. The van der Waals surface area contributed by atoms with Crippen LogP contribution >= 0.6 is 0 Å². The van der Waals surface area contributed by atoms with E-state index in [9.17, 15) is 4.79 Å². The van der Waals surface area contributed by atoms with E-state index in [-0.39, 0.29) is 11.6 Å². The van der Waals surface area contributed by atoms with Gasteiger partial charge in [0.05, 0.1) is 5.56 Å². The van der Waals surface area contributed by atoms with E-state index in [1.165, 1.54) is 18.3 Å². The smallest absolute Gasteiger partial charge is 0.258 e. The van der Waals surface area contributed by atoms with Gasteiger partial charge in [0.1, 0.15) is 17.5 Å². The molecule has 0 saturated heterocycles. The topological polar surface area (TPSA) is 91.8 Å². The lowest BCUT2D eigenvalue weighted by molar-refractivity contribution is 0.102. The number of carbonyl (C=O) groups excluding carboxylic acids is 1. The highest BCUT2D eigenvalue weighted by Crippen LogP contribution is 2.09. The van der Waals surface area contributed by atoms with Crippen LogP contribution in [0.15, 0.2) is 28.9 Å². The van der Waals surface area contributed by atoms with Gasteiger partial charge in [0.25, 0.3) is 5.91 Å². The molecule has 0 unspecified atom stereocenters. The second-order valence-corrected chi connectivity index (χ2v) is 3.32. The van der Waals surface area contributed by atoms with Gasteiger partial charge in [-0.25, -0.2) is 4.98 Å². The third-order valence-corrected chi connectivity index (χ3v) is 2.01. The normalized spacial score (nSPS) is 9.65. The molecule has 6 heteroatoms. The van der Waals surface area contributed by atoms with Gasteiger partial charge in [0, 0.05) is 12.3 Å². The van der Waals surface area contributed by atoms with Crippen LogP contribution in [0.3, 0.4) is 0 Å². The first-order valence-electron chi connectivity index (χ1n) is 4.80. The van der Waals surface area contributed by atoms with Gasteiger partial charge >= 0.3 is 0 Å². The summed E-state index contributed by atoms with van der Waals surface area (Å²) in [5.74, 6) is 0.602. The predicted molar refractivity (Wildman–Crippen MR) is 58.1 cm³/mol. The Bertz CT molecular complexity index is 580. The highest BCUT2D eigenvalue weighted by Gasteiger charge is 2.09. The summed E-state index contributed by atoms with van der Waals surface area (Å²) >= 11 is 0. The van der Waals surface area contributed by atoms with Crippen LogP contribution in [0.1, 0.15) is 21.8 Å². The zero-order valence-corrected chi connectivity index (χ0v) is 8.97. The van der Waals surface area contributed by atoms with Crippen molar-refractivity contribution in [2.24, 2.45) is 0 Å². The minimum Gasteiger partial charge on any atom is -0.360 e. The van der Waals surface area contributed by atoms with Crippen LogP contribution in [-0.2, 0) is 0 Å². The third kappa shape index (κ3) is 2.46. The summed E-state index contributed by atoms with van der Waals surface area (Å²) in [4.78, 5) is 15.5. The lowest BCUT2D eigenvalue weighted by Gasteiger charge is -2.00. The van der Waals surface area contributed by atoms with Crippen LogP contribution < -0.4 is 5.32 Å². The molecule has 2 rings (SSSR count). The molecule has 84 valence electrons. The molecule has 0 aliphatic heterocycles. The molecule has 0 atom stereocenters. The summed E-state index contributed by atoms with van der Waals surface area (Å²) in [5.41, 5.74) is 0.614. The van der Waals surface area contributed by atoms with Gasteiger partial charge in [-0.15, -0.1) is 0 Å². The Morgan fingerprint density at radius 1 is 1.53 bits per heavy atom. The monoisotopic (exact) mass is 228 g/mol. The Kier molecular flexibility index (Phi) is 2.83. The number of nitriles is 1. The maximum absolute atomic E-state index is 11.7. The summed E-state index contributed by atoms with van der Waals surface area (Å²) in [6, 6.07) is 6.48. The molecule has 17 heavy (non-hydrogen) atoms. The van der Waals surface area contributed by atoms with Crippen LogP contribution in [0, 0.1) is 18.3 Å². The molecule has 0 aliphatic rings. The number of nitrogens with one attached hydrogen (secondary N) is 1. The van der Waals surface area contributed by atoms with Crippen LogP contribution in [0.4, 0.5) is 5.82 Å². The lowest BCUT2D eigenvalue weighted by Crippen LogP contribution is -2.12. The number of nitrogens with zero attached hydrogens (tertiary/aromatic N) is 3. The van der Waals surface area contributed by atoms with Crippen LogP contribution in [0.2, 0.25) is 0 Å².